The van der Waals surface area contributed by atoms with E-state index in [1.807, 2.05) is 43.3 Å². The van der Waals surface area contributed by atoms with Gasteiger partial charge in [0.15, 0.2) is 5.65 Å². The highest BCUT2D eigenvalue weighted by Gasteiger charge is 2.23. The molecule has 0 saturated carbocycles. The summed E-state index contributed by atoms with van der Waals surface area (Å²) in [6.07, 6.45) is 0. The number of aryl methyl sites for hydroxylation is 1. The van der Waals surface area contributed by atoms with Crippen LogP contribution in [0.4, 0.5) is 14.6 Å². The van der Waals surface area contributed by atoms with E-state index in [0.717, 1.165) is 49.3 Å². The molecule has 170 valence electrons. The van der Waals surface area contributed by atoms with Gasteiger partial charge in [-0.05, 0) is 24.6 Å². The number of aromatic nitrogens is 3. The van der Waals surface area contributed by atoms with E-state index >= 15 is 0 Å². The van der Waals surface area contributed by atoms with Gasteiger partial charge in [-0.25, -0.2) is 13.8 Å². The van der Waals surface area contributed by atoms with Gasteiger partial charge in [-0.2, -0.15) is 9.61 Å². The van der Waals surface area contributed by atoms with Crippen LogP contribution >= 0.6 is 0 Å². The van der Waals surface area contributed by atoms with Crippen LogP contribution in [0.15, 0.2) is 54.6 Å². The quantitative estimate of drug-likeness (QED) is 0.503. The molecule has 0 atom stereocenters. The first-order valence-electron chi connectivity index (χ1n) is 11.0. The second kappa shape index (κ2) is 8.88. The summed E-state index contributed by atoms with van der Waals surface area (Å²) < 4.78 is 29.9. The molecule has 1 saturated heterocycles. The van der Waals surface area contributed by atoms with Crippen LogP contribution in [0.2, 0.25) is 0 Å². The van der Waals surface area contributed by atoms with Crippen LogP contribution in [0.3, 0.4) is 0 Å². The lowest BCUT2D eigenvalue weighted by molar-refractivity contribution is 0.188. The van der Waals surface area contributed by atoms with Crippen molar-refractivity contribution in [3.63, 3.8) is 0 Å². The Kier molecular flexibility index (Phi) is 5.78. The van der Waals surface area contributed by atoms with Gasteiger partial charge in [0.2, 0.25) is 0 Å². The second-order valence-electron chi connectivity index (χ2n) is 8.27. The molecule has 2 aromatic heterocycles. The number of aliphatic hydroxyl groups is 1. The minimum Gasteiger partial charge on any atom is -0.395 e. The minimum atomic E-state index is -0.636. The molecule has 2 aromatic carbocycles. The standard InChI is InChI=1S/C25H25F2N5O/c1-17-24(19-13-20(26)15-21(27)14-19)25-28-22(18-5-3-2-4-6-18)16-23(32(25)29-17)31-9-7-30(8-10-31)11-12-33/h2-6,13-16,33H,7-12H2,1H3. The molecule has 1 N–H and O–H groups in total. The zero-order valence-corrected chi connectivity index (χ0v) is 18.4. The molecule has 6 nitrogen and oxygen atoms in total. The predicted octanol–water partition coefficient (Wildman–Crippen LogP) is 3.76. The molecular weight excluding hydrogens is 424 g/mol. The van der Waals surface area contributed by atoms with Crippen LogP contribution in [0, 0.1) is 18.6 Å². The number of halogens is 2. The van der Waals surface area contributed by atoms with Crippen molar-refractivity contribution < 1.29 is 13.9 Å². The summed E-state index contributed by atoms with van der Waals surface area (Å²) >= 11 is 0. The number of hydrogen-bond donors (Lipinski definition) is 1. The Morgan fingerprint density at radius 2 is 1.61 bits per heavy atom. The highest BCUT2D eigenvalue weighted by Crippen LogP contribution is 2.33. The van der Waals surface area contributed by atoms with Crippen LogP contribution in [-0.2, 0) is 0 Å². The first-order valence-corrected chi connectivity index (χ1v) is 11.0. The second-order valence-corrected chi connectivity index (χ2v) is 8.27. The fraction of sp³-hybridized carbons (Fsp3) is 0.280. The number of nitrogens with zero attached hydrogens (tertiary/aromatic N) is 5. The third-order valence-corrected chi connectivity index (χ3v) is 6.08. The number of piperazine rings is 1. The zero-order valence-electron chi connectivity index (χ0n) is 18.4. The monoisotopic (exact) mass is 449 g/mol. The lowest BCUT2D eigenvalue weighted by Gasteiger charge is -2.35. The molecule has 33 heavy (non-hydrogen) atoms. The highest BCUT2D eigenvalue weighted by molar-refractivity contribution is 5.83. The molecule has 0 spiro atoms. The smallest absolute Gasteiger partial charge is 0.166 e. The molecule has 0 amide bonds. The van der Waals surface area contributed by atoms with Gasteiger partial charge in [0.1, 0.15) is 17.5 Å². The molecule has 5 rings (SSSR count). The lowest BCUT2D eigenvalue weighted by atomic mass is 10.1. The first-order chi connectivity index (χ1) is 16.0. The van der Waals surface area contributed by atoms with E-state index in [0.29, 0.717) is 29.0 Å². The maximum atomic E-state index is 14.0. The Bertz CT molecular complexity index is 1260. The molecule has 4 aromatic rings. The Labute approximate surface area is 190 Å². The fourth-order valence-corrected chi connectivity index (χ4v) is 4.47. The van der Waals surface area contributed by atoms with Gasteiger partial charge in [-0.1, -0.05) is 30.3 Å². The average molecular weight is 450 g/mol. The minimum absolute atomic E-state index is 0.142. The highest BCUT2D eigenvalue weighted by atomic mass is 19.1. The fourth-order valence-electron chi connectivity index (χ4n) is 4.47. The molecule has 0 aliphatic carbocycles. The van der Waals surface area contributed by atoms with E-state index in [1.165, 1.54) is 12.1 Å². The van der Waals surface area contributed by atoms with Gasteiger partial charge in [-0.15, -0.1) is 0 Å². The molecule has 0 radical (unpaired) electrons. The molecule has 1 fully saturated rings. The van der Waals surface area contributed by atoms with Crippen molar-refractivity contribution in [2.75, 3.05) is 44.2 Å². The lowest BCUT2D eigenvalue weighted by Crippen LogP contribution is -2.47. The number of anilines is 1. The van der Waals surface area contributed by atoms with Crippen molar-refractivity contribution in [2.45, 2.75) is 6.92 Å². The van der Waals surface area contributed by atoms with Crippen LogP contribution in [-0.4, -0.2) is 63.9 Å². The Hall–Kier alpha value is -3.36. The maximum absolute atomic E-state index is 14.0. The summed E-state index contributed by atoms with van der Waals surface area (Å²) in [7, 11) is 0. The molecule has 0 unspecified atom stereocenters. The molecule has 3 heterocycles. The predicted molar refractivity (Wildman–Crippen MR) is 124 cm³/mol. The summed E-state index contributed by atoms with van der Waals surface area (Å²) in [6.45, 7) is 5.83. The van der Waals surface area contributed by atoms with Crippen molar-refractivity contribution >= 4 is 11.5 Å². The van der Waals surface area contributed by atoms with Crippen molar-refractivity contribution in [3.05, 3.63) is 71.9 Å². The first kappa shape index (κ1) is 21.5. The van der Waals surface area contributed by atoms with Crippen molar-refractivity contribution in [2.24, 2.45) is 0 Å². The average Bonchev–Trinajstić information content (AvgIpc) is 3.15. The topological polar surface area (TPSA) is 56.9 Å². The Morgan fingerprint density at radius 3 is 2.27 bits per heavy atom. The van der Waals surface area contributed by atoms with Crippen LogP contribution in [0.5, 0.6) is 0 Å². The summed E-state index contributed by atoms with van der Waals surface area (Å²) in [6, 6.07) is 15.4. The van der Waals surface area contributed by atoms with Gasteiger partial charge in [0.05, 0.1) is 18.0 Å². The van der Waals surface area contributed by atoms with Crippen molar-refractivity contribution in [1.82, 2.24) is 19.5 Å². The third kappa shape index (κ3) is 4.19. The molecule has 1 aliphatic heterocycles. The molecule has 1 aliphatic rings. The summed E-state index contributed by atoms with van der Waals surface area (Å²) in [5.74, 6) is -0.389. The number of benzene rings is 2. The largest absolute Gasteiger partial charge is 0.395 e. The van der Waals surface area contributed by atoms with Crippen LogP contribution in [0.1, 0.15) is 5.69 Å². The zero-order chi connectivity index (χ0) is 22.9. The number of rotatable bonds is 5. The number of fused-ring (bicyclic) bond motifs is 1. The van der Waals surface area contributed by atoms with Gasteiger partial charge in [0.25, 0.3) is 0 Å². The Balaban J connectivity index is 1.68. The van der Waals surface area contributed by atoms with Crippen molar-refractivity contribution in [3.8, 4) is 22.4 Å². The van der Waals surface area contributed by atoms with E-state index in [4.69, 9.17) is 10.1 Å². The van der Waals surface area contributed by atoms with Gasteiger partial charge >= 0.3 is 0 Å². The number of aliphatic hydroxyl groups excluding tert-OH is 1. The van der Waals surface area contributed by atoms with Crippen LogP contribution < -0.4 is 4.90 Å². The van der Waals surface area contributed by atoms with E-state index < -0.39 is 11.6 Å². The Morgan fingerprint density at radius 1 is 0.909 bits per heavy atom. The maximum Gasteiger partial charge on any atom is 0.166 e. The van der Waals surface area contributed by atoms with E-state index in [2.05, 4.69) is 9.80 Å². The summed E-state index contributed by atoms with van der Waals surface area (Å²) in [5, 5.41) is 14.0. The van der Waals surface area contributed by atoms with Crippen LogP contribution in [0.25, 0.3) is 28.0 Å². The van der Waals surface area contributed by atoms with E-state index in [9.17, 15) is 13.9 Å². The summed E-state index contributed by atoms with van der Waals surface area (Å²) in [4.78, 5) is 9.36. The number of hydrogen-bond acceptors (Lipinski definition) is 5. The van der Waals surface area contributed by atoms with E-state index in [1.54, 1.807) is 4.52 Å². The summed E-state index contributed by atoms with van der Waals surface area (Å²) in [5.41, 5.74) is 3.97. The van der Waals surface area contributed by atoms with Gasteiger partial charge in [-0.3, -0.25) is 4.90 Å². The van der Waals surface area contributed by atoms with Crippen molar-refractivity contribution in [1.29, 1.82) is 0 Å². The molecule has 0 bridgehead atoms. The number of β-amino-alcohol motifs (C(OH)–C–C–N with tert-alkyl or cyclic N) is 1. The normalized spacial score (nSPS) is 14.8. The van der Waals surface area contributed by atoms with Gasteiger partial charge < -0.3 is 10.0 Å². The van der Waals surface area contributed by atoms with E-state index in [-0.39, 0.29) is 6.61 Å². The van der Waals surface area contributed by atoms with Gasteiger partial charge in [0, 0.05) is 56.0 Å². The SMILES string of the molecule is Cc1nn2c(N3CCN(CCO)CC3)cc(-c3ccccc3)nc2c1-c1cc(F)cc(F)c1. The molecular formula is C25H25F2N5O. The molecule has 8 heteroatoms. The third-order valence-electron chi connectivity index (χ3n) is 6.08.